The molecule has 0 aliphatic carbocycles. The lowest BCUT2D eigenvalue weighted by atomic mass is 10.1. The molecule has 0 amide bonds. The Morgan fingerprint density at radius 3 is 2.38 bits per heavy atom. The Labute approximate surface area is 127 Å². The summed E-state index contributed by atoms with van der Waals surface area (Å²) in [4.78, 5) is 0. The minimum Gasteiger partial charge on any atom is -0.399 e. The first kappa shape index (κ1) is 13.6. The van der Waals surface area contributed by atoms with Crippen LogP contribution in [0.4, 0.5) is 5.69 Å². The van der Waals surface area contributed by atoms with Gasteiger partial charge in [0.25, 0.3) is 0 Å². The van der Waals surface area contributed by atoms with E-state index in [1.807, 2.05) is 55.5 Å². The molecule has 0 saturated carbocycles. The summed E-state index contributed by atoms with van der Waals surface area (Å²) in [5, 5.41) is 12.7. The van der Waals surface area contributed by atoms with Crippen molar-refractivity contribution in [2.45, 2.75) is 13.0 Å². The molecule has 0 fully saturated rings. The minimum atomic E-state index is 0.00446. The number of nitrogens with zero attached hydrogens (tertiary/aromatic N) is 4. The maximum atomic E-state index is 5.92. The highest BCUT2D eigenvalue weighted by molar-refractivity contribution is 6.30. The molecule has 0 aliphatic heterocycles. The number of hydrogen-bond donors (Lipinski definition) is 1. The van der Waals surface area contributed by atoms with Gasteiger partial charge in [0.1, 0.15) is 0 Å². The van der Waals surface area contributed by atoms with Gasteiger partial charge in [-0.15, -0.1) is 5.10 Å². The summed E-state index contributed by atoms with van der Waals surface area (Å²) in [5.74, 6) is 0.706. The Balaban J connectivity index is 1.98. The van der Waals surface area contributed by atoms with Crippen LogP contribution in [-0.4, -0.2) is 20.2 Å². The van der Waals surface area contributed by atoms with Crippen LogP contribution in [0, 0.1) is 0 Å². The summed E-state index contributed by atoms with van der Waals surface area (Å²) < 4.78 is 1.79. The van der Waals surface area contributed by atoms with Gasteiger partial charge in [0.05, 0.1) is 6.04 Å². The highest BCUT2D eigenvalue weighted by atomic mass is 35.5. The van der Waals surface area contributed by atoms with Crippen molar-refractivity contribution in [3.63, 3.8) is 0 Å². The molecule has 1 aromatic heterocycles. The molecule has 0 bridgehead atoms. The van der Waals surface area contributed by atoms with Crippen molar-refractivity contribution in [1.82, 2.24) is 20.2 Å². The molecule has 1 heterocycles. The molecule has 6 heteroatoms. The van der Waals surface area contributed by atoms with E-state index in [2.05, 4.69) is 15.5 Å². The highest BCUT2D eigenvalue weighted by Gasteiger charge is 2.16. The van der Waals surface area contributed by atoms with Gasteiger partial charge in [-0.1, -0.05) is 23.7 Å². The normalized spacial score (nSPS) is 12.3. The van der Waals surface area contributed by atoms with Gasteiger partial charge in [0.15, 0.2) is 5.82 Å². The van der Waals surface area contributed by atoms with Crippen LogP contribution < -0.4 is 5.73 Å². The van der Waals surface area contributed by atoms with Crippen molar-refractivity contribution >= 4 is 17.3 Å². The zero-order valence-electron chi connectivity index (χ0n) is 11.4. The van der Waals surface area contributed by atoms with E-state index in [-0.39, 0.29) is 6.04 Å². The van der Waals surface area contributed by atoms with E-state index >= 15 is 0 Å². The van der Waals surface area contributed by atoms with E-state index in [0.717, 1.165) is 11.1 Å². The quantitative estimate of drug-likeness (QED) is 0.754. The molecule has 1 atom stereocenters. The molecular formula is C15H14ClN5. The number of halogens is 1. The molecule has 0 aliphatic rings. The fourth-order valence-electron chi connectivity index (χ4n) is 2.16. The Hall–Kier alpha value is -2.40. The molecule has 2 aromatic carbocycles. The third kappa shape index (κ3) is 2.73. The molecule has 106 valence electrons. The van der Waals surface area contributed by atoms with Crippen molar-refractivity contribution in [2.75, 3.05) is 5.73 Å². The van der Waals surface area contributed by atoms with Crippen LogP contribution in [-0.2, 0) is 0 Å². The predicted molar refractivity (Wildman–Crippen MR) is 82.9 cm³/mol. The molecule has 0 radical (unpaired) electrons. The predicted octanol–water partition coefficient (Wildman–Crippen LogP) is 3.19. The molecular weight excluding hydrogens is 286 g/mol. The summed E-state index contributed by atoms with van der Waals surface area (Å²) in [7, 11) is 0. The average molecular weight is 300 g/mol. The maximum Gasteiger partial charge on any atom is 0.182 e. The lowest BCUT2D eigenvalue weighted by molar-refractivity contribution is 0.548. The molecule has 3 rings (SSSR count). The zero-order valence-corrected chi connectivity index (χ0v) is 12.2. The van der Waals surface area contributed by atoms with Crippen molar-refractivity contribution in [2.24, 2.45) is 0 Å². The SMILES string of the molecule is CC(c1ccc(Cl)cc1)n1nnnc1-c1ccc(N)cc1. The lowest BCUT2D eigenvalue weighted by Crippen LogP contribution is -2.10. The first-order chi connectivity index (χ1) is 10.1. The van der Waals surface area contributed by atoms with Gasteiger partial charge >= 0.3 is 0 Å². The first-order valence-corrected chi connectivity index (χ1v) is 6.92. The average Bonchev–Trinajstić information content (AvgIpc) is 2.97. The lowest BCUT2D eigenvalue weighted by Gasteiger charge is -2.14. The molecule has 2 N–H and O–H groups in total. The van der Waals surface area contributed by atoms with Crippen LogP contribution in [0.25, 0.3) is 11.4 Å². The van der Waals surface area contributed by atoms with Gasteiger partial charge in [0.2, 0.25) is 0 Å². The van der Waals surface area contributed by atoms with Gasteiger partial charge < -0.3 is 5.73 Å². The molecule has 3 aromatic rings. The number of hydrogen-bond acceptors (Lipinski definition) is 4. The zero-order chi connectivity index (χ0) is 14.8. The minimum absolute atomic E-state index is 0.00446. The smallest absolute Gasteiger partial charge is 0.182 e. The summed E-state index contributed by atoms with van der Waals surface area (Å²) in [5.41, 5.74) is 8.44. The molecule has 1 unspecified atom stereocenters. The van der Waals surface area contributed by atoms with Crippen molar-refractivity contribution in [3.8, 4) is 11.4 Å². The summed E-state index contributed by atoms with van der Waals surface area (Å²) in [6, 6.07) is 15.2. The third-order valence-corrected chi connectivity index (χ3v) is 3.63. The second-order valence-corrected chi connectivity index (χ2v) is 5.23. The van der Waals surface area contributed by atoms with E-state index in [9.17, 15) is 0 Å². The van der Waals surface area contributed by atoms with Crippen LogP contribution >= 0.6 is 11.6 Å². The number of nitrogens with two attached hydrogens (primary N) is 1. The summed E-state index contributed by atoms with van der Waals surface area (Å²) in [6.45, 7) is 2.04. The van der Waals surface area contributed by atoms with Gasteiger partial charge in [-0.25, -0.2) is 4.68 Å². The number of aromatic nitrogens is 4. The van der Waals surface area contributed by atoms with Crippen LogP contribution in [0.2, 0.25) is 5.02 Å². The van der Waals surface area contributed by atoms with Crippen LogP contribution in [0.5, 0.6) is 0 Å². The second-order valence-electron chi connectivity index (χ2n) is 4.80. The Morgan fingerprint density at radius 2 is 1.71 bits per heavy atom. The van der Waals surface area contributed by atoms with Crippen molar-refractivity contribution in [1.29, 1.82) is 0 Å². The van der Waals surface area contributed by atoms with E-state index in [0.29, 0.717) is 16.5 Å². The fourth-order valence-corrected chi connectivity index (χ4v) is 2.29. The standard InChI is InChI=1S/C15H14ClN5/c1-10(11-2-6-13(16)7-3-11)21-15(18-19-20-21)12-4-8-14(17)9-5-12/h2-10H,17H2,1H3. The second kappa shape index (κ2) is 5.54. The molecule has 0 spiro atoms. The maximum absolute atomic E-state index is 5.92. The number of anilines is 1. The Morgan fingerprint density at radius 1 is 1.05 bits per heavy atom. The topological polar surface area (TPSA) is 69.6 Å². The number of tetrazole rings is 1. The van der Waals surface area contributed by atoms with Crippen LogP contribution in [0.15, 0.2) is 48.5 Å². The van der Waals surface area contributed by atoms with E-state index < -0.39 is 0 Å². The highest BCUT2D eigenvalue weighted by Crippen LogP contribution is 2.25. The monoisotopic (exact) mass is 299 g/mol. The molecule has 21 heavy (non-hydrogen) atoms. The van der Waals surface area contributed by atoms with Gasteiger partial charge in [-0.05, 0) is 59.3 Å². The fraction of sp³-hybridized carbons (Fsp3) is 0.133. The van der Waals surface area contributed by atoms with Crippen LogP contribution in [0.1, 0.15) is 18.5 Å². The third-order valence-electron chi connectivity index (χ3n) is 3.38. The van der Waals surface area contributed by atoms with Crippen molar-refractivity contribution in [3.05, 3.63) is 59.1 Å². The van der Waals surface area contributed by atoms with Gasteiger partial charge in [-0.2, -0.15) is 0 Å². The number of nitrogen functional groups attached to an aromatic ring is 1. The van der Waals surface area contributed by atoms with E-state index in [4.69, 9.17) is 17.3 Å². The molecule has 5 nitrogen and oxygen atoms in total. The first-order valence-electron chi connectivity index (χ1n) is 6.54. The summed E-state index contributed by atoms with van der Waals surface area (Å²) in [6.07, 6.45) is 0. The number of rotatable bonds is 3. The van der Waals surface area contributed by atoms with Crippen LogP contribution in [0.3, 0.4) is 0 Å². The van der Waals surface area contributed by atoms with E-state index in [1.165, 1.54) is 0 Å². The Bertz CT molecular complexity index is 734. The summed E-state index contributed by atoms with van der Waals surface area (Å²) >= 11 is 5.92. The van der Waals surface area contributed by atoms with Gasteiger partial charge in [0, 0.05) is 16.3 Å². The Kier molecular flexibility index (Phi) is 3.58. The van der Waals surface area contributed by atoms with E-state index in [1.54, 1.807) is 4.68 Å². The van der Waals surface area contributed by atoms with Gasteiger partial charge in [-0.3, -0.25) is 0 Å². The van der Waals surface area contributed by atoms with Crippen molar-refractivity contribution < 1.29 is 0 Å². The largest absolute Gasteiger partial charge is 0.399 e. The molecule has 0 saturated heterocycles. The number of benzene rings is 2.